The van der Waals surface area contributed by atoms with E-state index in [1.54, 1.807) is 7.11 Å². The first-order valence-corrected chi connectivity index (χ1v) is 5.88. The third kappa shape index (κ3) is 3.34. The van der Waals surface area contributed by atoms with Crippen molar-refractivity contribution in [3.63, 3.8) is 0 Å². The van der Waals surface area contributed by atoms with Crippen LogP contribution in [0.1, 0.15) is 19.3 Å². The number of carbonyl (C=O) groups excluding carboxylic acids is 1. The molecule has 3 heteroatoms. The Balaban J connectivity index is 1.86. The summed E-state index contributed by atoms with van der Waals surface area (Å²) in [4.78, 5) is 11.7. The Kier molecular flexibility index (Phi) is 3.81. The lowest BCUT2D eigenvalue weighted by Gasteiger charge is -2.09. The monoisotopic (exact) mass is 231 g/mol. The molecule has 90 valence electrons. The lowest BCUT2D eigenvalue weighted by Crippen LogP contribution is -2.14. The molecule has 1 atom stereocenters. The first-order chi connectivity index (χ1) is 8.28. The van der Waals surface area contributed by atoms with E-state index in [2.05, 4.69) is 17.5 Å². The van der Waals surface area contributed by atoms with Crippen molar-refractivity contribution >= 4 is 11.6 Å². The molecule has 1 aliphatic carbocycles. The Morgan fingerprint density at radius 3 is 2.76 bits per heavy atom. The molecule has 1 unspecified atom stereocenters. The van der Waals surface area contributed by atoms with Crippen LogP contribution in [0.5, 0.6) is 5.75 Å². The van der Waals surface area contributed by atoms with Crippen molar-refractivity contribution in [2.75, 3.05) is 12.4 Å². The van der Waals surface area contributed by atoms with Gasteiger partial charge in [0.15, 0.2) is 0 Å². The highest BCUT2D eigenvalue weighted by Gasteiger charge is 2.13. The van der Waals surface area contributed by atoms with Gasteiger partial charge in [-0.15, -0.1) is 0 Å². The number of allylic oxidation sites excluding steroid dienone is 2. The van der Waals surface area contributed by atoms with E-state index in [0.717, 1.165) is 24.3 Å². The molecular weight excluding hydrogens is 214 g/mol. The largest absolute Gasteiger partial charge is 0.497 e. The first-order valence-electron chi connectivity index (χ1n) is 5.88. The highest BCUT2D eigenvalue weighted by atomic mass is 16.5. The number of nitrogens with one attached hydrogen (secondary N) is 1. The van der Waals surface area contributed by atoms with E-state index in [4.69, 9.17) is 4.74 Å². The standard InChI is InChI=1S/C14H17NO2/c1-17-13-8-6-12(7-9-13)15-14(16)10-11-4-2-3-5-11/h2,4,6-9,11H,3,5,10H2,1H3,(H,15,16). The highest BCUT2D eigenvalue weighted by molar-refractivity contribution is 5.91. The zero-order valence-corrected chi connectivity index (χ0v) is 9.98. The molecule has 0 fully saturated rings. The molecular formula is C14H17NO2. The fraction of sp³-hybridized carbons (Fsp3) is 0.357. The zero-order chi connectivity index (χ0) is 12.1. The topological polar surface area (TPSA) is 38.3 Å². The molecule has 0 bridgehead atoms. The van der Waals surface area contributed by atoms with Crippen LogP contribution in [0.4, 0.5) is 5.69 Å². The van der Waals surface area contributed by atoms with Crippen LogP contribution < -0.4 is 10.1 Å². The molecule has 17 heavy (non-hydrogen) atoms. The highest BCUT2D eigenvalue weighted by Crippen LogP contribution is 2.21. The van der Waals surface area contributed by atoms with E-state index < -0.39 is 0 Å². The molecule has 0 aromatic heterocycles. The van der Waals surface area contributed by atoms with E-state index in [9.17, 15) is 4.79 Å². The number of amides is 1. The third-order valence-electron chi connectivity index (χ3n) is 2.93. The smallest absolute Gasteiger partial charge is 0.224 e. The predicted octanol–water partition coefficient (Wildman–Crippen LogP) is 2.99. The maximum Gasteiger partial charge on any atom is 0.224 e. The number of hydrogen-bond donors (Lipinski definition) is 1. The summed E-state index contributed by atoms with van der Waals surface area (Å²) in [5.41, 5.74) is 0.817. The SMILES string of the molecule is COc1ccc(NC(=O)CC2C=CCC2)cc1. The Morgan fingerprint density at radius 1 is 1.41 bits per heavy atom. The van der Waals surface area contributed by atoms with Crippen molar-refractivity contribution in [2.24, 2.45) is 5.92 Å². The number of rotatable bonds is 4. The van der Waals surface area contributed by atoms with Gasteiger partial charge in [0.1, 0.15) is 5.75 Å². The average molecular weight is 231 g/mol. The number of carbonyl (C=O) groups is 1. The molecule has 2 rings (SSSR count). The molecule has 1 aromatic carbocycles. The molecule has 1 aliphatic rings. The molecule has 0 aliphatic heterocycles. The van der Waals surface area contributed by atoms with Gasteiger partial charge in [0.25, 0.3) is 0 Å². The van der Waals surface area contributed by atoms with E-state index in [0.29, 0.717) is 12.3 Å². The third-order valence-corrected chi connectivity index (χ3v) is 2.93. The minimum atomic E-state index is 0.0757. The molecule has 0 radical (unpaired) electrons. The molecule has 1 amide bonds. The minimum absolute atomic E-state index is 0.0757. The molecule has 1 N–H and O–H groups in total. The van der Waals surface area contributed by atoms with E-state index in [-0.39, 0.29) is 5.91 Å². The fourth-order valence-electron chi connectivity index (χ4n) is 1.99. The summed E-state index contributed by atoms with van der Waals surface area (Å²) in [6.45, 7) is 0. The van der Waals surface area contributed by atoms with Gasteiger partial charge in [-0.25, -0.2) is 0 Å². The Bertz CT molecular complexity index is 409. The van der Waals surface area contributed by atoms with Crippen molar-refractivity contribution in [3.8, 4) is 5.75 Å². The van der Waals surface area contributed by atoms with Gasteiger partial charge in [-0.05, 0) is 43.0 Å². The van der Waals surface area contributed by atoms with Gasteiger partial charge in [0.05, 0.1) is 7.11 Å². The van der Waals surface area contributed by atoms with Crippen molar-refractivity contribution in [1.29, 1.82) is 0 Å². The number of ether oxygens (including phenoxy) is 1. The molecule has 0 saturated carbocycles. The van der Waals surface area contributed by atoms with Crippen LogP contribution >= 0.6 is 0 Å². The molecule has 0 saturated heterocycles. The quantitative estimate of drug-likeness (QED) is 0.809. The molecule has 1 aromatic rings. The lowest BCUT2D eigenvalue weighted by atomic mass is 10.1. The second kappa shape index (κ2) is 5.53. The van der Waals surface area contributed by atoms with Gasteiger partial charge in [0.2, 0.25) is 5.91 Å². The summed E-state index contributed by atoms with van der Waals surface area (Å²) in [5.74, 6) is 1.28. The Morgan fingerprint density at radius 2 is 2.18 bits per heavy atom. The van der Waals surface area contributed by atoms with E-state index >= 15 is 0 Å². The van der Waals surface area contributed by atoms with Crippen LogP contribution in [0, 0.1) is 5.92 Å². The van der Waals surface area contributed by atoms with Crippen LogP contribution in [-0.2, 0) is 4.79 Å². The van der Waals surface area contributed by atoms with Crippen molar-refractivity contribution in [2.45, 2.75) is 19.3 Å². The van der Waals surface area contributed by atoms with Crippen LogP contribution in [0.2, 0.25) is 0 Å². The van der Waals surface area contributed by atoms with Crippen LogP contribution in [0.15, 0.2) is 36.4 Å². The normalized spacial score (nSPS) is 18.1. The lowest BCUT2D eigenvalue weighted by molar-refractivity contribution is -0.116. The van der Waals surface area contributed by atoms with Crippen molar-refractivity contribution in [3.05, 3.63) is 36.4 Å². The van der Waals surface area contributed by atoms with E-state index in [1.807, 2.05) is 24.3 Å². The van der Waals surface area contributed by atoms with Gasteiger partial charge in [0, 0.05) is 12.1 Å². The van der Waals surface area contributed by atoms with Crippen LogP contribution in [0.3, 0.4) is 0 Å². The van der Waals surface area contributed by atoms with Crippen LogP contribution in [-0.4, -0.2) is 13.0 Å². The summed E-state index contributed by atoms with van der Waals surface area (Å²) >= 11 is 0. The predicted molar refractivity (Wildman–Crippen MR) is 68.1 cm³/mol. The van der Waals surface area contributed by atoms with E-state index in [1.165, 1.54) is 0 Å². The number of benzene rings is 1. The fourth-order valence-corrected chi connectivity index (χ4v) is 1.99. The maximum absolute atomic E-state index is 11.7. The first kappa shape index (κ1) is 11.7. The van der Waals surface area contributed by atoms with Gasteiger partial charge < -0.3 is 10.1 Å². The van der Waals surface area contributed by atoms with Gasteiger partial charge in [-0.1, -0.05) is 12.2 Å². The molecule has 0 heterocycles. The second-order valence-corrected chi connectivity index (χ2v) is 4.25. The van der Waals surface area contributed by atoms with Gasteiger partial charge in [-0.2, -0.15) is 0 Å². The minimum Gasteiger partial charge on any atom is -0.497 e. The van der Waals surface area contributed by atoms with Gasteiger partial charge >= 0.3 is 0 Å². The average Bonchev–Trinajstić information content (AvgIpc) is 2.82. The number of anilines is 1. The van der Waals surface area contributed by atoms with Gasteiger partial charge in [-0.3, -0.25) is 4.79 Å². The number of hydrogen-bond acceptors (Lipinski definition) is 2. The Hall–Kier alpha value is -1.77. The van der Waals surface area contributed by atoms with Crippen LogP contribution in [0.25, 0.3) is 0 Å². The van der Waals surface area contributed by atoms with Crippen molar-refractivity contribution < 1.29 is 9.53 Å². The second-order valence-electron chi connectivity index (χ2n) is 4.25. The summed E-state index contributed by atoms with van der Waals surface area (Å²) in [6, 6.07) is 7.37. The summed E-state index contributed by atoms with van der Waals surface area (Å²) in [6.07, 6.45) is 7.04. The van der Waals surface area contributed by atoms with Crippen molar-refractivity contribution in [1.82, 2.24) is 0 Å². The number of methoxy groups -OCH3 is 1. The summed E-state index contributed by atoms with van der Waals surface area (Å²) in [7, 11) is 1.63. The summed E-state index contributed by atoms with van der Waals surface area (Å²) < 4.78 is 5.06. The summed E-state index contributed by atoms with van der Waals surface area (Å²) in [5, 5.41) is 2.89. The maximum atomic E-state index is 11.7. The zero-order valence-electron chi connectivity index (χ0n) is 9.98. The molecule has 3 nitrogen and oxygen atoms in total. The Labute approximate surface area is 101 Å². The molecule has 0 spiro atoms.